The third-order valence-corrected chi connectivity index (χ3v) is 2.85. The van der Waals surface area contributed by atoms with E-state index in [1.54, 1.807) is 11.3 Å². The Hall–Kier alpha value is -0.830. The molecule has 2 nitrogen and oxygen atoms in total. The van der Waals surface area contributed by atoms with Crippen molar-refractivity contribution in [1.82, 2.24) is 5.32 Å². The van der Waals surface area contributed by atoms with Gasteiger partial charge in [0.15, 0.2) is 0 Å². The van der Waals surface area contributed by atoms with E-state index in [4.69, 9.17) is 0 Å². The van der Waals surface area contributed by atoms with Crippen LogP contribution in [0.2, 0.25) is 0 Å². The van der Waals surface area contributed by atoms with E-state index in [0.29, 0.717) is 0 Å². The fourth-order valence-corrected chi connectivity index (χ4v) is 1.86. The van der Waals surface area contributed by atoms with E-state index < -0.39 is 0 Å². The largest absolute Gasteiger partial charge is 0.353 e. The van der Waals surface area contributed by atoms with Gasteiger partial charge >= 0.3 is 0 Å². The first kappa shape index (κ1) is 10.3. The standard InChI is InChI=1S/C10H15NOS/c1-7(2)11-10(12)8(3)9-5-4-6-13-9/h4-8H,1-3H3,(H,11,12). The number of rotatable bonds is 3. The summed E-state index contributed by atoms with van der Waals surface area (Å²) < 4.78 is 0. The first-order valence-electron chi connectivity index (χ1n) is 4.45. The van der Waals surface area contributed by atoms with E-state index in [2.05, 4.69) is 5.32 Å². The summed E-state index contributed by atoms with van der Waals surface area (Å²) in [7, 11) is 0. The lowest BCUT2D eigenvalue weighted by Gasteiger charge is -2.12. The van der Waals surface area contributed by atoms with E-state index in [9.17, 15) is 4.79 Å². The van der Waals surface area contributed by atoms with Crippen molar-refractivity contribution in [2.45, 2.75) is 32.7 Å². The van der Waals surface area contributed by atoms with Crippen LogP contribution in [0.25, 0.3) is 0 Å². The fourth-order valence-electron chi connectivity index (χ4n) is 1.08. The molecule has 1 N–H and O–H groups in total. The average Bonchev–Trinajstić information content (AvgIpc) is 2.53. The lowest BCUT2D eigenvalue weighted by atomic mass is 10.1. The van der Waals surface area contributed by atoms with Gasteiger partial charge in [-0.1, -0.05) is 6.07 Å². The van der Waals surface area contributed by atoms with Crippen LogP contribution < -0.4 is 5.32 Å². The lowest BCUT2D eigenvalue weighted by molar-refractivity contribution is -0.122. The number of hydrogen-bond donors (Lipinski definition) is 1. The van der Waals surface area contributed by atoms with Gasteiger partial charge in [0.2, 0.25) is 5.91 Å². The average molecular weight is 197 g/mol. The van der Waals surface area contributed by atoms with Crippen LogP contribution in [0, 0.1) is 0 Å². The van der Waals surface area contributed by atoms with Crippen LogP contribution in [-0.2, 0) is 4.79 Å². The number of thiophene rings is 1. The maximum absolute atomic E-state index is 11.5. The maximum Gasteiger partial charge on any atom is 0.228 e. The Kier molecular flexibility index (Phi) is 3.48. The molecule has 0 aliphatic carbocycles. The van der Waals surface area contributed by atoms with Gasteiger partial charge in [-0.2, -0.15) is 0 Å². The van der Waals surface area contributed by atoms with Crippen LogP contribution >= 0.6 is 11.3 Å². The zero-order valence-corrected chi connectivity index (χ0v) is 9.02. The van der Waals surface area contributed by atoms with Crippen molar-refractivity contribution in [3.8, 4) is 0 Å². The molecular formula is C10H15NOS. The Morgan fingerprint density at radius 2 is 2.15 bits per heavy atom. The SMILES string of the molecule is CC(C)NC(=O)C(C)c1cccs1. The molecule has 0 fully saturated rings. The van der Waals surface area contributed by atoms with Gasteiger partial charge in [-0.3, -0.25) is 4.79 Å². The number of carbonyl (C=O) groups excluding carboxylic acids is 1. The van der Waals surface area contributed by atoms with Crippen LogP contribution in [0.15, 0.2) is 17.5 Å². The molecule has 0 radical (unpaired) electrons. The first-order valence-corrected chi connectivity index (χ1v) is 5.33. The molecule has 1 unspecified atom stereocenters. The van der Waals surface area contributed by atoms with Crippen LogP contribution in [0.4, 0.5) is 0 Å². The quantitative estimate of drug-likeness (QED) is 0.792. The second kappa shape index (κ2) is 4.42. The van der Waals surface area contributed by atoms with Crippen molar-refractivity contribution >= 4 is 17.2 Å². The van der Waals surface area contributed by atoms with Crippen molar-refractivity contribution < 1.29 is 4.79 Å². The van der Waals surface area contributed by atoms with E-state index >= 15 is 0 Å². The molecule has 0 saturated carbocycles. The molecule has 0 aliphatic rings. The van der Waals surface area contributed by atoms with Crippen molar-refractivity contribution in [2.24, 2.45) is 0 Å². The van der Waals surface area contributed by atoms with Gasteiger partial charge < -0.3 is 5.32 Å². The summed E-state index contributed by atoms with van der Waals surface area (Å²) in [5.41, 5.74) is 0. The maximum atomic E-state index is 11.5. The van der Waals surface area contributed by atoms with Crippen molar-refractivity contribution in [2.75, 3.05) is 0 Å². The molecule has 0 aliphatic heterocycles. The van der Waals surface area contributed by atoms with E-state index in [1.807, 2.05) is 38.3 Å². The molecule has 1 aromatic rings. The Balaban J connectivity index is 2.58. The second-order valence-corrected chi connectivity index (χ2v) is 4.38. The van der Waals surface area contributed by atoms with E-state index in [-0.39, 0.29) is 17.9 Å². The molecule has 0 saturated heterocycles. The van der Waals surface area contributed by atoms with Gasteiger partial charge in [0, 0.05) is 10.9 Å². The number of hydrogen-bond acceptors (Lipinski definition) is 2. The minimum absolute atomic E-state index is 0.0256. The molecule has 0 spiro atoms. The molecule has 72 valence electrons. The Bertz CT molecular complexity index is 266. The molecule has 1 heterocycles. The van der Waals surface area contributed by atoms with Gasteiger partial charge in [-0.25, -0.2) is 0 Å². The molecule has 1 amide bonds. The molecule has 3 heteroatoms. The monoisotopic (exact) mass is 197 g/mol. The number of nitrogens with one attached hydrogen (secondary N) is 1. The Morgan fingerprint density at radius 3 is 2.62 bits per heavy atom. The summed E-state index contributed by atoms with van der Waals surface area (Å²) in [6, 6.07) is 4.18. The topological polar surface area (TPSA) is 29.1 Å². The van der Waals surface area contributed by atoms with Crippen LogP contribution in [0.5, 0.6) is 0 Å². The van der Waals surface area contributed by atoms with Crippen molar-refractivity contribution in [1.29, 1.82) is 0 Å². The van der Waals surface area contributed by atoms with Crippen molar-refractivity contribution in [3.63, 3.8) is 0 Å². The summed E-state index contributed by atoms with van der Waals surface area (Å²) in [6.07, 6.45) is 0. The summed E-state index contributed by atoms with van der Waals surface area (Å²) >= 11 is 1.63. The van der Waals surface area contributed by atoms with Crippen LogP contribution in [0.3, 0.4) is 0 Å². The van der Waals surface area contributed by atoms with Gasteiger partial charge in [0.05, 0.1) is 5.92 Å². The molecule has 1 atom stereocenters. The third kappa shape index (κ3) is 2.84. The van der Waals surface area contributed by atoms with Gasteiger partial charge in [-0.15, -0.1) is 11.3 Å². The number of carbonyl (C=O) groups is 1. The smallest absolute Gasteiger partial charge is 0.228 e. The summed E-state index contributed by atoms with van der Waals surface area (Å²) in [5, 5.41) is 4.89. The molecular weight excluding hydrogens is 182 g/mol. The number of amides is 1. The lowest BCUT2D eigenvalue weighted by Crippen LogP contribution is -2.33. The first-order chi connectivity index (χ1) is 6.11. The molecule has 0 bridgehead atoms. The molecule has 1 rings (SSSR count). The van der Waals surface area contributed by atoms with Gasteiger partial charge in [0.25, 0.3) is 0 Å². The minimum atomic E-state index is -0.0256. The zero-order chi connectivity index (χ0) is 9.84. The van der Waals surface area contributed by atoms with Gasteiger partial charge in [-0.05, 0) is 32.2 Å². The fraction of sp³-hybridized carbons (Fsp3) is 0.500. The highest BCUT2D eigenvalue weighted by molar-refractivity contribution is 7.10. The summed E-state index contributed by atoms with van der Waals surface area (Å²) in [4.78, 5) is 12.7. The Labute approximate surface area is 83.0 Å². The van der Waals surface area contributed by atoms with E-state index in [0.717, 1.165) is 4.88 Å². The minimum Gasteiger partial charge on any atom is -0.353 e. The highest BCUT2D eigenvalue weighted by atomic mass is 32.1. The zero-order valence-electron chi connectivity index (χ0n) is 8.20. The molecule has 13 heavy (non-hydrogen) atoms. The predicted octanol–water partition coefficient (Wildman–Crippen LogP) is 2.38. The molecule has 1 aromatic heterocycles. The normalized spacial score (nSPS) is 12.9. The van der Waals surface area contributed by atoms with Crippen LogP contribution in [0.1, 0.15) is 31.6 Å². The summed E-state index contributed by atoms with van der Waals surface area (Å²) in [6.45, 7) is 5.88. The molecule has 0 aromatic carbocycles. The Morgan fingerprint density at radius 1 is 1.46 bits per heavy atom. The van der Waals surface area contributed by atoms with Crippen LogP contribution in [-0.4, -0.2) is 11.9 Å². The third-order valence-electron chi connectivity index (χ3n) is 1.79. The van der Waals surface area contributed by atoms with E-state index in [1.165, 1.54) is 0 Å². The summed E-state index contributed by atoms with van der Waals surface area (Å²) in [5.74, 6) is 0.0832. The highest BCUT2D eigenvalue weighted by Gasteiger charge is 2.15. The highest BCUT2D eigenvalue weighted by Crippen LogP contribution is 2.20. The predicted molar refractivity (Wildman–Crippen MR) is 56.0 cm³/mol. The second-order valence-electron chi connectivity index (χ2n) is 3.40. The van der Waals surface area contributed by atoms with Crippen molar-refractivity contribution in [3.05, 3.63) is 22.4 Å². The van der Waals surface area contributed by atoms with Gasteiger partial charge in [0.1, 0.15) is 0 Å².